The molecule has 2 atom stereocenters. The number of benzene rings is 2. The summed E-state index contributed by atoms with van der Waals surface area (Å²) in [4.78, 5) is 3.74. The molecule has 0 saturated heterocycles. The fraction of sp³-hybridized carbons (Fsp3) is 0.300. The molecular formula is C20H16F6N4O2. The van der Waals surface area contributed by atoms with Crippen LogP contribution in [0.3, 0.4) is 0 Å². The van der Waals surface area contributed by atoms with Gasteiger partial charge in [0, 0.05) is 5.69 Å². The fourth-order valence-electron chi connectivity index (χ4n) is 3.15. The number of imidazole rings is 1. The van der Waals surface area contributed by atoms with Crippen molar-refractivity contribution < 1.29 is 36.6 Å². The highest BCUT2D eigenvalue weighted by molar-refractivity contribution is 5.79. The van der Waals surface area contributed by atoms with E-state index in [1.165, 1.54) is 22.8 Å². The van der Waals surface area contributed by atoms with Gasteiger partial charge in [0.25, 0.3) is 0 Å². The molecule has 0 amide bonds. The quantitative estimate of drug-likeness (QED) is 0.395. The highest BCUT2D eigenvalue weighted by atomic mass is 19.4. The minimum atomic E-state index is -4.82. The number of aliphatic hydroxyl groups is 2. The molecule has 0 aliphatic rings. The van der Waals surface area contributed by atoms with Gasteiger partial charge in [0.15, 0.2) is 6.23 Å². The number of aromatic nitrogens is 2. The molecule has 2 aromatic carbocycles. The second kappa shape index (κ2) is 7.99. The van der Waals surface area contributed by atoms with E-state index >= 15 is 0 Å². The summed E-state index contributed by atoms with van der Waals surface area (Å²) in [6, 6.07) is 7.45. The number of para-hydroxylation sites is 1. The summed E-state index contributed by atoms with van der Waals surface area (Å²) >= 11 is 0. The zero-order valence-corrected chi connectivity index (χ0v) is 16.3. The Balaban J connectivity index is 1.86. The van der Waals surface area contributed by atoms with Gasteiger partial charge in [-0.05, 0) is 37.3 Å². The van der Waals surface area contributed by atoms with Gasteiger partial charge < -0.3 is 20.1 Å². The second-order valence-corrected chi connectivity index (χ2v) is 7.32. The first-order chi connectivity index (χ1) is 14.7. The largest absolute Gasteiger partial charge is 0.418 e. The highest BCUT2D eigenvalue weighted by Crippen LogP contribution is 2.35. The molecule has 0 saturated carbocycles. The van der Waals surface area contributed by atoms with Crippen LogP contribution in [0.4, 0.5) is 32.0 Å². The summed E-state index contributed by atoms with van der Waals surface area (Å²) in [5, 5.41) is 32.2. The summed E-state index contributed by atoms with van der Waals surface area (Å²) < 4.78 is 80.0. The van der Waals surface area contributed by atoms with Crippen molar-refractivity contribution in [2.24, 2.45) is 0 Å². The summed E-state index contributed by atoms with van der Waals surface area (Å²) in [5.74, 6) is 0. The molecule has 1 aromatic heterocycles. The van der Waals surface area contributed by atoms with E-state index in [9.17, 15) is 36.6 Å². The van der Waals surface area contributed by atoms with E-state index in [0.29, 0.717) is 6.07 Å². The Morgan fingerprint density at radius 3 is 2.34 bits per heavy atom. The van der Waals surface area contributed by atoms with Gasteiger partial charge in [-0.1, -0.05) is 6.07 Å². The minimum absolute atomic E-state index is 0.0463. The molecule has 32 heavy (non-hydrogen) atoms. The normalized spacial score (nSPS) is 15.2. The zero-order valence-electron chi connectivity index (χ0n) is 16.3. The van der Waals surface area contributed by atoms with Crippen molar-refractivity contribution >= 4 is 16.7 Å². The molecule has 6 nitrogen and oxygen atoms in total. The lowest BCUT2D eigenvalue weighted by Crippen LogP contribution is -2.47. The van der Waals surface area contributed by atoms with E-state index in [0.717, 1.165) is 31.5 Å². The van der Waals surface area contributed by atoms with E-state index in [-0.39, 0.29) is 16.7 Å². The SMILES string of the molecule is C[C@](O)(Cn1cnc2c(C(F)(F)F)cccc21)C(O)Nc1ccc(C#N)c(C(F)(F)F)c1. The molecule has 0 aliphatic heterocycles. The zero-order chi connectivity index (χ0) is 23.9. The highest BCUT2D eigenvalue weighted by Gasteiger charge is 2.37. The van der Waals surface area contributed by atoms with Crippen molar-refractivity contribution in [2.45, 2.75) is 37.7 Å². The first kappa shape index (κ1) is 23.4. The van der Waals surface area contributed by atoms with Crippen LogP contribution in [0, 0.1) is 11.3 Å². The number of alkyl halides is 6. The lowest BCUT2D eigenvalue weighted by Gasteiger charge is -2.31. The molecule has 3 N–H and O–H groups in total. The Bertz CT molecular complexity index is 1180. The number of fused-ring (bicyclic) bond motifs is 1. The predicted molar refractivity (Wildman–Crippen MR) is 101 cm³/mol. The lowest BCUT2D eigenvalue weighted by atomic mass is 10.0. The summed E-state index contributed by atoms with van der Waals surface area (Å²) in [6.45, 7) is 0.722. The van der Waals surface area contributed by atoms with Gasteiger partial charge in [0.2, 0.25) is 0 Å². The van der Waals surface area contributed by atoms with E-state index in [4.69, 9.17) is 5.26 Å². The van der Waals surface area contributed by atoms with E-state index in [1.807, 2.05) is 0 Å². The van der Waals surface area contributed by atoms with Crippen LogP contribution in [0.1, 0.15) is 23.6 Å². The third-order valence-electron chi connectivity index (χ3n) is 4.78. The Morgan fingerprint density at radius 2 is 1.75 bits per heavy atom. The molecule has 3 aromatic rings. The van der Waals surface area contributed by atoms with Gasteiger partial charge in [-0.15, -0.1) is 0 Å². The maximum atomic E-state index is 13.2. The maximum Gasteiger partial charge on any atom is 0.418 e. The van der Waals surface area contributed by atoms with Gasteiger partial charge in [-0.3, -0.25) is 0 Å². The van der Waals surface area contributed by atoms with Crippen molar-refractivity contribution in [2.75, 3.05) is 5.32 Å². The number of nitrogens with one attached hydrogen (secondary N) is 1. The van der Waals surface area contributed by atoms with Crippen LogP contribution >= 0.6 is 0 Å². The third-order valence-corrected chi connectivity index (χ3v) is 4.78. The van der Waals surface area contributed by atoms with Crippen LogP contribution in [-0.2, 0) is 18.9 Å². The van der Waals surface area contributed by atoms with Crippen LogP contribution in [0.25, 0.3) is 11.0 Å². The Hall–Kier alpha value is -3.30. The number of aliphatic hydroxyl groups excluding tert-OH is 1. The van der Waals surface area contributed by atoms with Crippen molar-refractivity contribution in [1.82, 2.24) is 9.55 Å². The van der Waals surface area contributed by atoms with Crippen LogP contribution in [0.5, 0.6) is 0 Å². The standard InChI is InChI=1S/C20H16F6N4O2/c1-18(32,9-30-10-28-16-13(19(21,22)23)3-2-4-15(16)30)17(31)29-12-6-5-11(8-27)14(7-12)20(24,25)26/h2-7,10,17,29,31-32H,9H2,1H3/t17?,18-/m0/s1. The minimum Gasteiger partial charge on any atom is -0.384 e. The molecule has 1 unspecified atom stereocenters. The number of hydrogen-bond donors (Lipinski definition) is 3. The molecule has 170 valence electrons. The molecule has 0 fully saturated rings. The summed E-state index contributed by atoms with van der Waals surface area (Å²) in [7, 11) is 0. The smallest absolute Gasteiger partial charge is 0.384 e. The number of hydrogen-bond acceptors (Lipinski definition) is 5. The molecule has 0 radical (unpaired) electrons. The molecule has 0 bridgehead atoms. The average molecular weight is 458 g/mol. The van der Waals surface area contributed by atoms with E-state index in [1.54, 1.807) is 0 Å². The van der Waals surface area contributed by atoms with Crippen LogP contribution in [-0.4, -0.2) is 31.6 Å². The predicted octanol–water partition coefficient (Wildman–Crippen LogP) is 4.13. The first-order valence-electron chi connectivity index (χ1n) is 9.03. The second-order valence-electron chi connectivity index (χ2n) is 7.32. The summed E-state index contributed by atoms with van der Waals surface area (Å²) in [5.41, 5.74) is -5.37. The Kier molecular flexibility index (Phi) is 5.84. The number of nitriles is 1. The number of rotatable bonds is 5. The van der Waals surface area contributed by atoms with Crippen molar-refractivity contribution in [3.8, 4) is 6.07 Å². The van der Waals surface area contributed by atoms with Gasteiger partial charge in [-0.2, -0.15) is 31.6 Å². The number of nitrogens with zero attached hydrogens (tertiary/aromatic N) is 3. The van der Waals surface area contributed by atoms with Gasteiger partial charge in [0.05, 0.1) is 41.1 Å². The number of anilines is 1. The molecule has 3 rings (SSSR count). The van der Waals surface area contributed by atoms with Crippen LogP contribution in [0.2, 0.25) is 0 Å². The molecular weight excluding hydrogens is 442 g/mol. The van der Waals surface area contributed by atoms with Crippen LogP contribution in [0.15, 0.2) is 42.7 Å². The van der Waals surface area contributed by atoms with E-state index in [2.05, 4.69) is 10.3 Å². The van der Waals surface area contributed by atoms with Gasteiger partial charge in [-0.25, -0.2) is 4.98 Å². The van der Waals surface area contributed by atoms with Crippen molar-refractivity contribution in [1.29, 1.82) is 5.26 Å². The maximum absolute atomic E-state index is 13.2. The molecule has 1 heterocycles. The topological polar surface area (TPSA) is 94.1 Å². The average Bonchev–Trinajstić information content (AvgIpc) is 3.08. The molecule has 0 spiro atoms. The number of halogens is 6. The third kappa shape index (κ3) is 4.63. The van der Waals surface area contributed by atoms with Crippen LogP contribution < -0.4 is 5.32 Å². The van der Waals surface area contributed by atoms with Gasteiger partial charge in [0.1, 0.15) is 11.1 Å². The first-order valence-corrected chi connectivity index (χ1v) is 9.03. The lowest BCUT2D eigenvalue weighted by molar-refractivity contribution is -0.138. The monoisotopic (exact) mass is 458 g/mol. The van der Waals surface area contributed by atoms with Crippen molar-refractivity contribution in [3.63, 3.8) is 0 Å². The van der Waals surface area contributed by atoms with E-state index < -0.39 is 47.4 Å². The Labute approximate surface area is 177 Å². The summed E-state index contributed by atoms with van der Waals surface area (Å²) in [6.07, 6.45) is -10.2. The molecule has 12 heteroatoms. The fourth-order valence-corrected chi connectivity index (χ4v) is 3.15. The molecule has 0 aliphatic carbocycles. The van der Waals surface area contributed by atoms with Gasteiger partial charge >= 0.3 is 12.4 Å². The Morgan fingerprint density at radius 1 is 1.09 bits per heavy atom. The van der Waals surface area contributed by atoms with Crippen molar-refractivity contribution in [3.05, 3.63) is 59.4 Å².